The minimum absolute atomic E-state index is 0.0466. The van der Waals surface area contributed by atoms with Crippen molar-refractivity contribution in [3.05, 3.63) is 0 Å². The quantitative estimate of drug-likeness (QED) is 0.705. The van der Waals surface area contributed by atoms with Gasteiger partial charge in [-0.2, -0.15) is 0 Å². The smallest absolute Gasteiger partial charge is 0.224 e. The second kappa shape index (κ2) is 6.89. The van der Waals surface area contributed by atoms with E-state index in [0.717, 1.165) is 25.8 Å². The minimum Gasteiger partial charge on any atom is -0.356 e. The lowest BCUT2D eigenvalue weighted by Crippen LogP contribution is -2.45. The van der Waals surface area contributed by atoms with Crippen LogP contribution in [0.15, 0.2) is 0 Å². The van der Waals surface area contributed by atoms with Crippen LogP contribution in [0.5, 0.6) is 0 Å². The molecule has 1 amide bonds. The molecule has 0 aromatic rings. The molecule has 1 aliphatic carbocycles. The lowest BCUT2D eigenvalue weighted by atomic mass is 9.79. The fourth-order valence-corrected chi connectivity index (χ4v) is 2.42. The highest BCUT2D eigenvalue weighted by Gasteiger charge is 2.30. The van der Waals surface area contributed by atoms with Crippen molar-refractivity contribution >= 4 is 5.91 Å². The number of nitrogens with two attached hydrogens (primary N) is 1. The number of carbonyl (C=O) groups is 1. The van der Waals surface area contributed by atoms with Crippen LogP contribution in [0.1, 0.15) is 52.4 Å². The van der Waals surface area contributed by atoms with Crippen LogP contribution in [0.4, 0.5) is 0 Å². The Kier molecular flexibility index (Phi) is 5.81. The third-order valence-electron chi connectivity index (χ3n) is 3.58. The van der Waals surface area contributed by atoms with Crippen molar-refractivity contribution in [2.24, 2.45) is 17.6 Å². The van der Waals surface area contributed by atoms with Crippen molar-refractivity contribution in [2.75, 3.05) is 6.54 Å². The molecule has 0 bridgehead atoms. The van der Waals surface area contributed by atoms with Crippen molar-refractivity contribution in [3.8, 4) is 0 Å². The van der Waals surface area contributed by atoms with Crippen molar-refractivity contribution in [2.45, 2.75) is 58.4 Å². The van der Waals surface area contributed by atoms with Gasteiger partial charge in [-0.1, -0.05) is 26.7 Å². The molecule has 3 heteroatoms. The van der Waals surface area contributed by atoms with E-state index in [1.165, 1.54) is 19.3 Å². The molecule has 3 nitrogen and oxygen atoms in total. The molecular formula is C13H26N2O. The summed E-state index contributed by atoms with van der Waals surface area (Å²) in [7, 11) is 0. The first-order chi connectivity index (χ1) is 7.65. The second-order valence-electron chi connectivity index (χ2n) is 5.19. The number of rotatable bonds is 5. The van der Waals surface area contributed by atoms with Crippen LogP contribution >= 0.6 is 0 Å². The first kappa shape index (κ1) is 13.5. The van der Waals surface area contributed by atoms with Crippen molar-refractivity contribution in [1.82, 2.24) is 5.32 Å². The molecule has 0 aromatic heterocycles. The van der Waals surface area contributed by atoms with E-state index in [9.17, 15) is 4.79 Å². The summed E-state index contributed by atoms with van der Waals surface area (Å²) in [5.74, 6) is 0.867. The summed E-state index contributed by atoms with van der Waals surface area (Å²) in [5, 5.41) is 3.02. The Morgan fingerprint density at radius 2 is 2.12 bits per heavy atom. The van der Waals surface area contributed by atoms with Gasteiger partial charge in [0.1, 0.15) is 0 Å². The van der Waals surface area contributed by atoms with Gasteiger partial charge < -0.3 is 11.1 Å². The molecule has 0 spiro atoms. The zero-order valence-corrected chi connectivity index (χ0v) is 10.7. The fourth-order valence-electron chi connectivity index (χ4n) is 2.42. The maximum Gasteiger partial charge on any atom is 0.224 e. The summed E-state index contributed by atoms with van der Waals surface area (Å²) in [5.41, 5.74) is 6.01. The Hall–Kier alpha value is -0.570. The van der Waals surface area contributed by atoms with Gasteiger partial charge in [0.05, 0.1) is 5.92 Å². The lowest BCUT2D eigenvalue weighted by Gasteiger charge is -2.31. The second-order valence-corrected chi connectivity index (χ2v) is 5.19. The van der Waals surface area contributed by atoms with E-state index in [1.54, 1.807) is 0 Å². The predicted molar refractivity (Wildman–Crippen MR) is 67.0 cm³/mol. The average Bonchev–Trinajstić information content (AvgIpc) is 2.27. The van der Waals surface area contributed by atoms with Gasteiger partial charge in [-0.15, -0.1) is 0 Å². The minimum atomic E-state index is 0.0466. The zero-order chi connectivity index (χ0) is 12.0. The van der Waals surface area contributed by atoms with Gasteiger partial charge in [-0.25, -0.2) is 0 Å². The zero-order valence-electron chi connectivity index (χ0n) is 10.7. The van der Waals surface area contributed by atoms with Gasteiger partial charge in [0.15, 0.2) is 0 Å². The number of hydrogen-bond acceptors (Lipinski definition) is 2. The Morgan fingerprint density at radius 3 is 2.81 bits per heavy atom. The van der Waals surface area contributed by atoms with Gasteiger partial charge in [0, 0.05) is 12.6 Å². The lowest BCUT2D eigenvalue weighted by molar-refractivity contribution is -0.126. The van der Waals surface area contributed by atoms with Crippen LogP contribution in [0.25, 0.3) is 0 Å². The molecule has 94 valence electrons. The first-order valence-corrected chi connectivity index (χ1v) is 6.68. The molecule has 0 heterocycles. The van der Waals surface area contributed by atoms with E-state index >= 15 is 0 Å². The Morgan fingerprint density at radius 1 is 1.38 bits per heavy atom. The molecule has 16 heavy (non-hydrogen) atoms. The van der Waals surface area contributed by atoms with Crippen LogP contribution in [0, 0.1) is 11.8 Å². The van der Waals surface area contributed by atoms with Gasteiger partial charge in [-0.3, -0.25) is 4.79 Å². The van der Waals surface area contributed by atoms with Crippen LogP contribution < -0.4 is 11.1 Å². The van der Waals surface area contributed by atoms with Crippen molar-refractivity contribution in [3.63, 3.8) is 0 Å². The van der Waals surface area contributed by atoms with Crippen LogP contribution in [0.2, 0.25) is 0 Å². The summed E-state index contributed by atoms with van der Waals surface area (Å²) in [6, 6.07) is 0.0716. The Bertz CT molecular complexity index is 218. The molecule has 0 saturated heterocycles. The molecule has 1 rings (SSSR count). The highest BCUT2D eigenvalue weighted by molar-refractivity contribution is 5.79. The van der Waals surface area contributed by atoms with Crippen molar-refractivity contribution in [1.29, 1.82) is 0 Å². The number of amides is 1. The van der Waals surface area contributed by atoms with Crippen LogP contribution in [-0.4, -0.2) is 18.5 Å². The Balaban J connectivity index is 2.28. The van der Waals surface area contributed by atoms with Gasteiger partial charge in [0.25, 0.3) is 0 Å². The monoisotopic (exact) mass is 226 g/mol. The number of nitrogens with one attached hydrogen (secondary N) is 1. The molecule has 3 atom stereocenters. The van der Waals surface area contributed by atoms with E-state index < -0.39 is 0 Å². The SMILES string of the molecule is CCCCCNC(=O)C1CC(C)CCC1N. The molecule has 0 radical (unpaired) electrons. The fraction of sp³-hybridized carbons (Fsp3) is 0.923. The topological polar surface area (TPSA) is 55.1 Å². The number of hydrogen-bond donors (Lipinski definition) is 2. The van der Waals surface area contributed by atoms with E-state index in [-0.39, 0.29) is 17.9 Å². The first-order valence-electron chi connectivity index (χ1n) is 6.68. The third-order valence-corrected chi connectivity index (χ3v) is 3.58. The third kappa shape index (κ3) is 4.12. The molecule has 1 fully saturated rings. The summed E-state index contributed by atoms with van der Waals surface area (Å²) in [4.78, 5) is 11.9. The van der Waals surface area contributed by atoms with E-state index in [1.807, 2.05) is 0 Å². The van der Waals surface area contributed by atoms with Gasteiger partial charge >= 0.3 is 0 Å². The Labute approximate surface area is 99.2 Å². The standard InChI is InChI=1S/C13H26N2O/c1-3-4-5-8-15-13(16)11-9-10(2)6-7-12(11)14/h10-12H,3-9,14H2,1-2H3,(H,15,16). The van der Waals surface area contributed by atoms with Crippen molar-refractivity contribution < 1.29 is 4.79 Å². The van der Waals surface area contributed by atoms with Crippen LogP contribution in [0.3, 0.4) is 0 Å². The highest BCUT2D eigenvalue weighted by atomic mass is 16.1. The molecule has 1 saturated carbocycles. The predicted octanol–water partition coefficient (Wildman–Crippen LogP) is 2.06. The maximum atomic E-state index is 11.9. The summed E-state index contributed by atoms with van der Waals surface area (Å²) >= 11 is 0. The molecular weight excluding hydrogens is 200 g/mol. The van der Waals surface area contributed by atoms with E-state index in [0.29, 0.717) is 5.92 Å². The maximum absolute atomic E-state index is 11.9. The summed E-state index contributed by atoms with van der Waals surface area (Å²) in [6.45, 7) is 5.19. The summed E-state index contributed by atoms with van der Waals surface area (Å²) in [6.07, 6.45) is 6.58. The molecule has 0 aliphatic heterocycles. The largest absolute Gasteiger partial charge is 0.356 e. The highest BCUT2D eigenvalue weighted by Crippen LogP contribution is 2.27. The normalized spacial score (nSPS) is 30.1. The van der Waals surface area contributed by atoms with Gasteiger partial charge in [0.2, 0.25) is 5.91 Å². The molecule has 1 aliphatic rings. The molecule has 0 aromatic carbocycles. The van der Waals surface area contributed by atoms with E-state index in [2.05, 4.69) is 19.2 Å². The molecule has 3 unspecified atom stereocenters. The average molecular weight is 226 g/mol. The molecule has 3 N–H and O–H groups in total. The van der Waals surface area contributed by atoms with Crippen LogP contribution in [-0.2, 0) is 4.79 Å². The van der Waals surface area contributed by atoms with Gasteiger partial charge in [-0.05, 0) is 31.6 Å². The number of unbranched alkanes of at least 4 members (excludes halogenated alkanes) is 2. The number of carbonyl (C=O) groups excluding carboxylic acids is 1. The van der Waals surface area contributed by atoms with E-state index in [4.69, 9.17) is 5.73 Å². The summed E-state index contributed by atoms with van der Waals surface area (Å²) < 4.78 is 0.